The Morgan fingerprint density at radius 3 is 2.31 bits per heavy atom. The molecule has 3 aromatic carbocycles. The number of alkyl halides is 3. The van der Waals surface area contributed by atoms with Crippen LogP contribution in [0.3, 0.4) is 0 Å². The number of halogens is 4. The summed E-state index contributed by atoms with van der Waals surface area (Å²) in [6.45, 7) is 0.103. The fourth-order valence-electron chi connectivity index (χ4n) is 3.26. The molecule has 8 heteroatoms. The van der Waals surface area contributed by atoms with Crippen molar-refractivity contribution in [3.05, 3.63) is 93.3 Å². The first-order valence-electron chi connectivity index (χ1n) is 9.46. The van der Waals surface area contributed by atoms with Crippen molar-refractivity contribution >= 4 is 22.6 Å². The number of fused-ring (bicyclic) bond motifs is 1. The van der Waals surface area contributed by atoms with Crippen LogP contribution < -0.4 is 14.9 Å². The first-order chi connectivity index (χ1) is 15.3. The maximum Gasteiger partial charge on any atom is 0.450 e. The van der Waals surface area contributed by atoms with Crippen LogP contribution in [0.4, 0.5) is 13.2 Å². The lowest BCUT2D eigenvalue weighted by Gasteiger charge is -2.14. The Kier molecular flexibility index (Phi) is 5.84. The summed E-state index contributed by atoms with van der Waals surface area (Å²) in [6, 6.07) is 16.9. The summed E-state index contributed by atoms with van der Waals surface area (Å²) in [4.78, 5) is 13.0. The second-order valence-electron chi connectivity index (χ2n) is 6.90. The van der Waals surface area contributed by atoms with Gasteiger partial charge >= 0.3 is 6.18 Å². The molecule has 0 atom stereocenters. The fourth-order valence-corrected chi connectivity index (χ4v) is 3.45. The third-order valence-electron chi connectivity index (χ3n) is 4.85. The van der Waals surface area contributed by atoms with Crippen LogP contribution >= 0.6 is 11.6 Å². The predicted octanol–water partition coefficient (Wildman–Crippen LogP) is 6.72. The summed E-state index contributed by atoms with van der Waals surface area (Å²) in [5.41, 5.74) is -0.788. The molecule has 0 bridgehead atoms. The van der Waals surface area contributed by atoms with Crippen LogP contribution in [0.5, 0.6) is 11.5 Å². The Morgan fingerprint density at radius 1 is 0.969 bits per heavy atom. The Bertz CT molecular complexity index is 1330. The van der Waals surface area contributed by atoms with Gasteiger partial charge in [0.1, 0.15) is 23.7 Å². The largest absolute Gasteiger partial charge is 0.497 e. The molecule has 0 fully saturated rings. The van der Waals surface area contributed by atoms with E-state index < -0.39 is 22.9 Å². The van der Waals surface area contributed by atoms with Crippen molar-refractivity contribution < 1.29 is 27.1 Å². The van der Waals surface area contributed by atoms with Crippen molar-refractivity contribution in [3.63, 3.8) is 0 Å². The SMILES string of the molecule is COc1ccc(-c2c(C(F)(F)F)oc3cc(OCc4ccccc4Cl)ccc3c2=O)cc1. The van der Waals surface area contributed by atoms with Crippen molar-refractivity contribution in [1.82, 2.24) is 0 Å². The summed E-state index contributed by atoms with van der Waals surface area (Å²) in [5, 5.41) is 0.511. The van der Waals surface area contributed by atoms with Crippen LogP contribution in [-0.2, 0) is 12.8 Å². The van der Waals surface area contributed by atoms with Gasteiger partial charge in [0.25, 0.3) is 0 Å². The monoisotopic (exact) mass is 460 g/mol. The van der Waals surface area contributed by atoms with E-state index in [-0.39, 0.29) is 28.9 Å². The van der Waals surface area contributed by atoms with Crippen molar-refractivity contribution in [2.45, 2.75) is 12.8 Å². The number of ether oxygens (including phenoxy) is 2. The zero-order valence-corrected chi connectivity index (χ0v) is 17.5. The molecular formula is C24H16ClF3O4. The van der Waals surface area contributed by atoms with Crippen LogP contribution in [0.25, 0.3) is 22.1 Å². The average Bonchev–Trinajstić information content (AvgIpc) is 2.78. The number of benzene rings is 3. The van der Waals surface area contributed by atoms with E-state index >= 15 is 0 Å². The minimum absolute atomic E-state index is 0.00825. The molecular weight excluding hydrogens is 445 g/mol. The summed E-state index contributed by atoms with van der Waals surface area (Å²) >= 11 is 6.10. The molecule has 0 amide bonds. The number of methoxy groups -OCH3 is 1. The molecule has 1 heterocycles. The van der Waals surface area contributed by atoms with Crippen LogP contribution in [-0.4, -0.2) is 7.11 Å². The zero-order chi connectivity index (χ0) is 22.9. The summed E-state index contributed by atoms with van der Waals surface area (Å²) in [7, 11) is 1.44. The zero-order valence-electron chi connectivity index (χ0n) is 16.7. The molecule has 0 aliphatic rings. The smallest absolute Gasteiger partial charge is 0.450 e. The van der Waals surface area contributed by atoms with Crippen LogP contribution in [0.15, 0.2) is 75.9 Å². The molecule has 4 nitrogen and oxygen atoms in total. The Balaban J connectivity index is 1.79. The van der Waals surface area contributed by atoms with Gasteiger partial charge in [0.15, 0.2) is 0 Å². The maximum atomic E-state index is 13.8. The van der Waals surface area contributed by atoms with Crippen LogP contribution in [0.1, 0.15) is 11.3 Å². The maximum absolute atomic E-state index is 13.8. The molecule has 4 rings (SSSR count). The number of hydrogen-bond donors (Lipinski definition) is 0. The second-order valence-corrected chi connectivity index (χ2v) is 7.31. The van der Waals surface area contributed by atoms with Crippen LogP contribution in [0.2, 0.25) is 5.02 Å². The van der Waals surface area contributed by atoms with E-state index in [0.29, 0.717) is 16.3 Å². The lowest BCUT2D eigenvalue weighted by Crippen LogP contribution is -2.16. The number of rotatable bonds is 5. The Morgan fingerprint density at radius 2 is 1.66 bits per heavy atom. The third kappa shape index (κ3) is 4.29. The summed E-state index contributed by atoms with van der Waals surface area (Å²) < 4.78 is 57.3. The first-order valence-corrected chi connectivity index (χ1v) is 9.84. The van der Waals surface area contributed by atoms with Gasteiger partial charge < -0.3 is 13.9 Å². The minimum atomic E-state index is -4.88. The van der Waals surface area contributed by atoms with Gasteiger partial charge in [-0.3, -0.25) is 4.79 Å². The highest BCUT2D eigenvalue weighted by atomic mass is 35.5. The minimum Gasteiger partial charge on any atom is -0.497 e. The van der Waals surface area contributed by atoms with Crippen molar-refractivity contribution in [2.75, 3.05) is 7.11 Å². The van der Waals surface area contributed by atoms with E-state index in [4.69, 9.17) is 25.5 Å². The molecule has 0 unspecified atom stereocenters. The van der Waals surface area contributed by atoms with Crippen molar-refractivity contribution in [3.8, 4) is 22.6 Å². The second kappa shape index (κ2) is 8.59. The van der Waals surface area contributed by atoms with Gasteiger partial charge in [-0.05, 0) is 35.9 Å². The van der Waals surface area contributed by atoms with E-state index in [0.717, 1.165) is 0 Å². The van der Waals surface area contributed by atoms with Crippen LogP contribution in [0, 0.1) is 0 Å². The van der Waals surface area contributed by atoms with Gasteiger partial charge in [-0.15, -0.1) is 0 Å². The highest BCUT2D eigenvalue weighted by molar-refractivity contribution is 6.31. The standard InChI is InChI=1S/C24H16ClF3O4/c1-30-16-8-6-14(7-9-16)21-22(29)18-11-10-17(12-20(18)32-23(21)24(26,27)28)31-13-15-4-2-3-5-19(15)25/h2-12H,13H2,1H3. The molecule has 0 radical (unpaired) electrons. The summed E-state index contributed by atoms with van der Waals surface area (Å²) in [6.07, 6.45) is -4.88. The van der Waals surface area contributed by atoms with E-state index in [1.165, 1.54) is 49.6 Å². The average molecular weight is 461 g/mol. The molecule has 0 spiro atoms. The summed E-state index contributed by atoms with van der Waals surface area (Å²) in [5.74, 6) is -0.679. The molecule has 0 N–H and O–H groups in total. The van der Waals surface area contributed by atoms with Gasteiger partial charge in [0.2, 0.25) is 11.2 Å². The normalized spacial score (nSPS) is 11.5. The molecule has 0 saturated carbocycles. The molecule has 1 aromatic heterocycles. The van der Waals surface area contributed by atoms with Crippen molar-refractivity contribution in [1.29, 1.82) is 0 Å². The topological polar surface area (TPSA) is 48.7 Å². The molecule has 0 aliphatic heterocycles. The fraction of sp³-hybridized carbons (Fsp3) is 0.125. The molecule has 164 valence electrons. The highest BCUT2D eigenvalue weighted by Gasteiger charge is 2.39. The van der Waals surface area contributed by atoms with Crippen molar-refractivity contribution in [2.24, 2.45) is 0 Å². The Hall–Kier alpha value is -3.45. The van der Waals surface area contributed by atoms with Gasteiger partial charge in [0, 0.05) is 16.7 Å². The molecule has 0 saturated heterocycles. The van der Waals surface area contributed by atoms with Gasteiger partial charge in [-0.25, -0.2) is 0 Å². The quantitative estimate of drug-likeness (QED) is 0.332. The lowest BCUT2D eigenvalue weighted by molar-refractivity contribution is -0.152. The van der Waals surface area contributed by atoms with E-state index in [2.05, 4.69) is 0 Å². The van der Waals surface area contributed by atoms with E-state index in [1.807, 2.05) is 0 Å². The number of hydrogen-bond acceptors (Lipinski definition) is 4. The predicted molar refractivity (Wildman–Crippen MR) is 115 cm³/mol. The third-order valence-corrected chi connectivity index (χ3v) is 5.22. The van der Waals surface area contributed by atoms with Gasteiger partial charge in [-0.2, -0.15) is 13.2 Å². The molecule has 4 aromatic rings. The van der Waals surface area contributed by atoms with E-state index in [1.54, 1.807) is 24.3 Å². The Labute approximate surface area is 185 Å². The lowest BCUT2D eigenvalue weighted by atomic mass is 10.0. The van der Waals surface area contributed by atoms with E-state index in [9.17, 15) is 18.0 Å². The van der Waals surface area contributed by atoms with Gasteiger partial charge in [0.05, 0.1) is 18.1 Å². The van der Waals surface area contributed by atoms with Gasteiger partial charge in [-0.1, -0.05) is 41.9 Å². The highest BCUT2D eigenvalue weighted by Crippen LogP contribution is 2.38. The first kappa shape index (κ1) is 21.8. The molecule has 32 heavy (non-hydrogen) atoms. The molecule has 0 aliphatic carbocycles.